The van der Waals surface area contributed by atoms with E-state index in [1.807, 2.05) is 17.7 Å². The summed E-state index contributed by atoms with van der Waals surface area (Å²) in [6, 6.07) is 4.56. The van der Waals surface area contributed by atoms with Gasteiger partial charge in [0.05, 0.1) is 16.4 Å². The van der Waals surface area contributed by atoms with Crippen LogP contribution < -0.4 is 5.32 Å². The molecule has 0 aliphatic heterocycles. The molecule has 3 nitrogen and oxygen atoms in total. The minimum absolute atomic E-state index is 0.103. The summed E-state index contributed by atoms with van der Waals surface area (Å²) in [5, 5.41) is 3.07. The Morgan fingerprint density at radius 1 is 1.44 bits per heavy atom. The third-order valence-corrected chi connectivity index (χ3v) is 2.52. The first-order chi connectivity index (χ1) is 7.61. The van der Waals surface area contributed by atoms with Crippen LogP contribution in [0.4, 0.5) is 10.3 Å². The predicted molar refractivity (Wildman–Crippen MR) is 62.8 cm³/mol. The van der Waals surface area contributed by atoms with Gasteiger partial charge in [0.25, 0.3) is 0 Å². The summed E-state index contributed by atoms with van der Waals surface area (Å²) in [5.74, 6) is 0.272. The number of benzene rings is 1. The zero-order chi connectivity index (χ0) is 11.7. The summed E-state index contributed by atoms with van der Waals surface area (Å²) in [4.78, 5) is 4.27. The summed E-state index contributed by atoms with van der Waals surface area (Å²) in [6.45, 7) is 1.89. The zero-order valence-corrected chi connectivity index (χ0v) is 9.72. The van der Waals surface area contributed by atoms with Gasteiger partial charge in [0.1, 0.15) is 5.82 Å². The topological polar surface area (TPSA) is 29.9 Å². The van der Waals surface area contributed by atoms with E-state index >= 15 is 0 Å². The Bertz CT molecular complexity index is 522. The predicted octanol–water partition coefficient (Wildman–Crippen LogP) is 3.01. The molecule has 0 aliphatic carbocycles. The van der Waals surface area contributed by atoms with E-state index in [2.05, 4.69) is 10.3 Å². The number of aryl methyl sites for hydroxylation is 1. The van der Waals surface area contributed by atoms with Crippen molar-refractivity contribution >= 4 is 17.5 Å². The fourth-order valence-electron chi connectivity index (χ4n) is 1.51. The van der Waals surface area contributed by atoms with Crippen molar-refractivity contribution in [2.24, 2.45) is 0 Å². The monoisotopic (exact) mass is 239 g/mol. The Morgan fingerprint density at radius 3 is 2.81 bits per heavy atom. The molecule has 0 atom stereocenters. The molecule has 0 unspecified atom stereocenters. The van der Waals surface area contributed by atoms with Crippen molar-refractivity contribution in [3.05, 3.63) is 40.9 Å². The molecule has 1 aromatic heterocycles. The third-order valence-electron chi connectivity index (χ3n) is 2.23. The molecule has 2 aromatic rings. The molecule has 16 heavy (non-hydrogen) atoms. The highest BCUT2D eigenvalue weighted by molar-refractivity contribution is 6.30. The van der Waals surface area contributed by atoms with Crippen molar-refractivity contribution in [2.45, 2.75) is 6.92 Å². The van der Waals surface area contributed by atoms with Gasteiger partial charge in [-0.25, -0.2) is 9.37 Å². The Hall–Kier alpha value is -1.55. The molecule has 84 valence electrons. The van der Waals surface area contributed by atoms with Gasteiger partial charge in [-0.05, 0) is 25.1 Å². The first-order valence-electron chi connectivity index (χ1n) is 4.81. The molecule has 0 saturated carbocycles. The standard InChI is InChI=1S/C11H11ClFN3/c1-7-6-16(11(14-2)15-7)8-3-4-10(13)9(12)5-8/h3-6H,1-2H3,(H,14,15). The number of anilines is 1. The number of imidazole rings is 1. The van der Waals surface area contributed by atoms with Gasteiger partial charge in [0.2, 0.25) is 5.95 Å². The quantitative estimate of drug-likeness (QED) is 0.873. The number of nitrogens with one attached hydrogen (secondary N) is 1. The first kappa shape index (κ1) is 11.0. The Labute approximate surface area is 97.9 Å². The first-order valence-corrected chi connectivity index (χ1v) is 5.19. The van der Waals surface area contributed by atoms with Gasteiger partial charge in [0.15, 0.2) is 0 Å². The molecule has 0 fully saturated rings. The van der Waals surface area contributed by atoms with Crippen LogP contribution in [0, 0.1) is 12.7 Å². The van der Waals surface area contributed by atoms with E-state index in [4.69, 9.17) is 11.6 Å². The second-order valence-electron chi connectivity index (χ2n) is 3.42. The van der Waals surface area contributed by atoms with E-state index in [1.165, 1.54) is 6.07 Å². The summed E-state index contributed by atoms with van der Waals surface area (Å²) < 4.78 is 14.8. The number of nitrogens with zero attached hydrogens (tertiary/aromatic N) is 2. The van der Waals surface area contributed by atoms with E-state index in [0.717, 1.165) is 11.4 Å². The summed E-state index contributed by atoms with van der Waals surface area (Å²) in [6.07, 6.45) is 1.86. The van der Waals surface area contributed by atoms with Crippen LogP contribution in [0.15, 0.2) is 24.4 Å². The molecule has 0 saturated heterocycles. The molecule has 0 aliphatic rings. The molecule has 1 N–H and O–H groups in total. The van der Waals surface area contributed by atoms with Gasteiger partial charge in [-0.15, -0.1) is 0 Å². The molecule has 0 amide bonds. The van der Waals surface area contributed by atoms with Crippen molar-refractivity contribution in [3.8, 4) is 5.69 Å². The lowest BCUT2D eigenvalue weighted by molar-refractivity contribution is 0.628. The Kier molecular flexibility index (Phi) is 2.83. The van der Waals surface area contributed by atoms with Gasteiger partial charge >= 0.3 is 0 Å². The molecule has 0 bridgehead atoms. The number of hydrogen-bond donors (Lipinski definition) is 1. The zero-order valence-electron chi connectivity index (χ0n) is 8.96. The maximum Gasteiger partial charge on any atom is 0.207 e. The van der Waals surface area contributed by atoms with Gasteiger partial charge in [-0.3, -0.25) is 4.57 Å². The molecular weight excluding hydrogens is 229 g/mol. The second kappa shape index (κ2) is 4.14. The average molecular weight is 240 g/mol. The number of rotatable bonds is 2. The lowest BCUT2D eigenvalue weighted by atomic mass is 10.3. The van der Waals surface area contributed by atoms with Crippen LogP contribution in [-0.4, -0.2) is 16.6 Å². The second-order valence-corrected chi connectivity index (χ2v) is 3.83. The van der Waals surface area contributed by atoms with Crippen molar-refractivity contribution < 1.29 is 4.39 Å². The van der Waals surface area contributed by atoms with Crippen molar-refractivity contribution in [2.75, 3.05) is 12.4 Å². The number of halogens is 2. The van der Waals surface area contributed by atoms with E-state index < -0.39 is 5.82 Å². The molecule has 5 heteroatoms. The van der Waals surface area contributed by atoms with Crippen LogP contribution >= 0.6 is 11.6 Å². The van der Waals surface area contributed by atoms with Gasteiger partial charge in [-0.1, -0.05) is 11.6 Å². The molecule has 1 aromatic carbocycles. The maximum absolute atomic E-state index is 13.0. The molecule has 0 spiro atoms. The molecule has 2 rings (SSSR count). The highest BCUT2D eigenvalue weighted by Crippen LogP contribution is 2.21. The van der Waals surface area contributed by atoms with E-state index in [9.17, 15) is 4.39 Å². The van der Waals surface area contributed by atoms with Crippen LogP contribution in [0.3, 0.4) is 0 Å². The lowest BCUT2D eigenvalue weighted by Crippen LogP contribution is -2.00. The van der Waals surface area contributed by atoms with Crippen LogP contribution in [0.1, 0.15) is 5.69 Å². The summed E-state index contributed by atoms with van der Waals surface area (Å²) >= 11 is 5.74. The van der Waals surface area contributed by atoms with Crippen LogP contribution in [0.5, 0.6) is 0 Å². The smallest absolute Gasteiger partial charge is 0.207 e. The van der Waals surface area contributed by atoms with Crippen LogP contribution in [0.25, 0.3) is 5.69 Å². The third kappa shape index (κ3) is 1.88. The van der Waals surface area contributed by atoms with Gasteiger partial charge in [0, 0.05) is 13.2 Å². The van der Waals surface area contributed by atoms with E-state index in [-0.39, 0.29) is 5.02 Å². The largest absolute Gasteiger partial charge is 0.358 e. The minimum atomic E-state index is -0.423. The summed E-state index contributed by atoms with van der Waals surface area (Å²) in [5.41, 5.74) is 1.65. The molecule has 1 heterocycles. The lowest BCUT2D eigenvalue weighted by Gasteiger charge is -2.07. The van der Waals surface area contributed by atoms with Gasteiger partial charge in [-0.2, -0.15) is 0 Å². The van der Waals surface area contributed by atoms with Crippen molar-refractivity contribution in [3.63, 3.8) is 0 Å². The van der Waals surface area contributed by atoms with Crippen molar-refractivity contribution in [1.82, 2.24) is 9.55 Å². The van der Waals surface area contributed by atoms with E-state index in [1.54, 1.807) is 19.2 Å². The SMILES string of the molecule is CNc1nc(C)cn1-c1ccc(F)c(Cl)c1. The normalized spacial score (nSPS) is 10.5. The van der Waals surface area contributed by atoms with Crippen molar-refractivity contribution in [1.29, 1.82) is 0 Å². The fraction of sp³-hybridized carbons (Fsp3) is 0.182. The van der Waals surface area contributed by atoms with Crippen LogP contribution in [-0.2, 0) is 0 Å². The maximum atomic E-state index is 13.0. The highest BCUT2D eigenvalue weighted by atomic mass is 35.5. The highest BCUT2D eigenvalue weighted by Gasteiger charge is 2.07. The Balaban J connectivity index is 2.53. The fourth-order valence-corrected chi connectivity index (χ4v) is 1.68. The molecular formula is C11H11ClFN3. The number of hydrogen-bond acceptors (Lipinski definition) is 2. The van der Waals surface area contributed by atoms with Gasteiger partial charge < -0.3 is 5.32 Å². The van der Waals surface area contributed by atoms with E-state index in [0.29, 0.717) is 5.95 Å². The number of aromatic nitrogens is 2. The van der Waals surface area contributed by atoms with Crippen LogP contribution in [0.2, 0.25) is 5.02 Å². The summed E-state index contributed by atoms with van der Waals surface area (Å²) in [7, 11) is 1.78. The molecule has 0 radical (unpaired) electrons. The average Bonchev–Trinajstić information content (AvgIpc) is 2.63. The Morgan fingerprint density at radius 2 is 2.19 bits per heavy atom. The minimum Gasteiger partial charge on any atom is -0.358 e.